The molecular formula is C16H17ClN2O4S2. The van der Waals surface area contributed by atoms with Crippen LogP contribution in [0.3, 0.4) is 0 Å². The monoisotopic (exact) mass is 400 g/mol. The quantitative estimate of drug-likeness (QED) is 0.666. The Morgan fingerprint density at radius 1 is 1.36 bits per heavy atom. The van der Waals surface area contributed by atoms with Gasteiger partial charge < -0.3 is 4.74 Å². The molecule has 0 spiro atoms. The van der Waals surface area contributed by atoms with E-state index in [0.717, 1.165) is 12.8 Å². The maximum absolute atomic E-state index is 12.9. The highest BCUT2D eigenvalue weighted by Gasteiger charge is 2.38. The molecule has 0 radical (unpaired) electrons. The number of carbonyl (C=O) groups excluding carboxylic acids is 1. The average molecular weight is 401 g/mol. The Balaban J connectivity index is 1.82. The number of aromatic nitrogens is 1. The number of ether oxygens (including phenoxy) is 1. The third-order valence-electron chi connectivity index (χ3n) is 3.70. The van der Waals surface area contributed by atoms with Crippen LogP contribution in [0.2, 0.25) is 5.02 Å². The van der Waals surface area contributed by atoms with Crippen LogP contribution in [0.15, 0.2) is 34.5 Å². The molecule has 3 rings (SSSR count). The van der Waals surface area contributed by atoms with Crippen molar-refractivity contribution < 1.29 is 17.9 Å². The molecule has 0 unspecified atom stereocenters. The van der Waals surface area contributed by atoms with E-state index in [2.05, 4.69) is 4.98 Å². The summed E-state index contributed by atoms with van der Waals surface area (Å²) in [5.74, 6) is -0.497. The van der Waals surface area contributed by atoms with Crippen LogP contribution < -0.4 is 0 Å². The number of halogens is 1. The molecule has 0 bridgehead atoms. The molecule has 0 saturated heterocycles. The number of nitrogens with zero attached hydrogens (tertiary/aromatic N) is 2. The first kappa shape index (κ1) is 18.3. The first-order chi connectivity index (χ1) is 11.9. The summed E-state index contributed by atoms with van der Waals surface area (Å²) in [5, 5.41) is 2.64. The van der Waals surface area contributed by atoms with Gasteiger partial charge in [0.25, 0.3) is 0 Å². The Kier molecular flexibility index (Phi) is 5.43. The molecule has 0 amide bonds. The van der Waals surface area contributed by atoms with Gasteiger partial charge in [-0.3, -0.25) is 0 Å². The summed E-state index contributed by atoms with van der Waals surface area (Å²) in [6.07, 6.45) is 1.64. The average Bonchev–Trinajstić information content (AvgIpc) is 3.30. The maximum atomic E-state index is 12.9. The van der Waals surface area contributed by atoms with Gasteiger partial charge >= 0.3 is 5.97 Å². The van der Waals surface area contributed by atoms with Crippen molar-refractivity contribution in [3.8, 4) is 0 Å². The van der Waals surface area contributed by atoms with Crippen LogP contribution in [-0.2, 0) is 21.3 Å². The number of hydrogen-bond acceptors (Lipinski definition) is 6. The third-order valence-corrected chi connectivity index (χ3v) is 6.70. The van der Waals surface area contributed by atoms with Crippen LogP contribution in [0, 0.1) is 0 Å². The lowest BCUT2D eigenvalue weighted by Crippen LogP contribution is -2.32. The van der Waals surface area contributed by atoms with Crippen molar-refractivity contribution in [1.29, 1.82) is 0 Å². The lowest BCUT2D eigenvalue weighted by Gasteiger charge is -2.20. The SMILES string of the molecule is CCOC(=O)c1csc(CN(C2CC2)S(=O)(=O)c2ccc(Cl)cc2)n1. The minimum absolute atomic E-state index is 0.0318. The maximum Gasteiger partial charge on any atom is 0.357 e. The first-order valence-corrected chi connectivity index (χ1v) is 10.5. The predicted molar refractivity (Wildman–Crippen MR) is 95.3 cm³/mol. The van der Waals surface area contributed by atoms with Crippen LogP contribution in [0.1, 0.15) is 35.3 Å². The van der Waals surface area contributed by atoms with Gasteiger partial charge in [-0.25, -0.2) is 18.2 Å². The summed E-state index contributed by atoms with van der Waals surface area (Å²) in [6, 6.07) is 6.08. The van der Waals surface area contributed by atoms with Gasteiger partial charge in [-0.2, -0.15) is 4.31 Å². The molecule has 1 aliphatic rings. The van der Waals surface area contributed by atoms with Gasteiger partial charge in [0.1, 0.15) is 5.01 Å². The fourth-order valence-electron chi connectivity index (χ4n) is 2.33. The molecule has 1 saturated carbocycles. The van der Waals surface area contributed by atoms with Gasteiger partial charge in [0.2, 0.25) is 10.0 Å². The largest absolute Gasteiger partial charge is 0.461 e. The number of thiazole rings is 1. The van der Waals surface area contributed by atoms with E-state index in [1.807, 2.05) is 0 Å². The van der Waals surface area contributed by atoms with Crippen LogP contribution in [0.25, 0.3) is 0 Å². The summed E-state index contributed by atoms with van der Waals surface area (Å²) in [5.41, 5.74) is 0.210. The van der Waals surface area contributed by atoms with E-state index in [4.69, 9.17) is 16.3 Å². The van der Waals surface area contributed by atoms with Crippen LogP contribution >= 0.6 is 22.9 Å². The molecule has 9 heteroatoms. The van der Waals surface area contributed by atoms with E-state index in [9.17, 15) is 13.2 Å². The summed E-state index contributed by atoms with van der Waals surface area (Å²) in [4.78, 5) is 16.1. The summed E-state index contributed by atoms with van der Waals surface area (Å²) >= 11 is 7.10. The molecule has 134 valence electrons. The van der Waals surface area contributed by atoms with E-state index in [1.54, 1.807) is 24.4 Å². The van der Waals surface area contributed by atoms with E-state index in [-0.39, 0.29) is 29.8 Å². The molecule has 2 aromatic rings. The second-order valence-corrected chi connectivity index (χ2v) is 8.85. The van der Waals surface area contributed by atoms with Crippen molar-refractivity contribution in [3.63, 3.8) is 0 Å². The minimum atomic E-state index is -3.65. The normalized spacial score (nSPS) is 14.7. The van der Waals surface area contributed by atoms with Gasteiger partial charge in [-0.05, 0) is 44.0 Å². The van der Waals surface area contributed by atoms with Crippen molar-refractivity contribution in [2.24, 2.45) is 0 Å². The number of esters is 1. The highest BCUT2D eigenvalue weighted by Crippen LogP contribution is 2.34. The lowest BCUT2D eigenvalue weighted by molar-refractivity contribution is 0.0520. The van der Waals surface area contributed by atoms with E-state index >= 15 is 0 Å². The Morgan fingerprint density at radius 3 is 2.64 bits per heavy atom. The molecule has 1 heterocycles. The Morgan fingerprint density at radius 2 is 2.04 bits per heavy atom. The second kappa shape index (κ2) is 7.41. The molecule has 1 aromatic carbocycles. The van der Waals surface area contributed by atoms with Crippen LogP contribution in [-0.4, -0.2) is 36.3 Å². The molecule has 0 atom stereocenters. The zero-order chi connectivity index (χ0) is 18.0. The summed E-state index contributed by atoms with van der Waals surface area (Å²) < 4.78 is 32.2. The second-order valence-electron chi connectivity index (χ2n) is 5.58. The van der Waals surface area contributed by atoms with E-state index in [0.29, 0.717) is 10.0 Å². The van der Waals surface area contributed by atoms with Crippen LogP contribution in [0.4, 0.5) is 0 Å². The molecule has 0 aliphatic heterocycles. The molecule has 1 aromatic heterocycles. The molecular weight excluding hydrogens is 384 g/mol. The number of benzene rings is 1. The molecule has 0 N–H and O–H groups in total. The Bertz CT molecular complexity index is 861. The molecule has 1 aliphatic carbocycles. The zero-order valence-electron chi connectivity index (χ0n) is 13.5. The van der Waals surface area contributed by atoms with Gasteiger partial charge in [0, 0.05) is 16.4 Å². The standard InChI is InChI=1S/C16H17ClN2O4S2/c1-2-23-16(20)14-10-24-15(18-14)9-19(12-5-6-12)25(21,22)13-7-3-11(17)4-8-13/h3-4,7-8,10,12H,2,5-6,9H2,1H3. The molecule has 6 nitrogen and oxygen atoms in total. The zero-order valence-corrected chi connectivity index (χ0v) is 15.9. The van der Waals surface area contributed by atoms with Gasteiger partial charge in [0.15, 0.2) is 5.69 Å². The van der Waals surface area contributed by atoms with Crippen molar-refractivity contribution >= 4 is 38.9 Å². The van der Waals surface area contributed by atoms with Crippen molar-refractivity contribution in [2.45, 2.75) is 37.2 Å². The molecule has 25 heavy (non-hydrogen) atoms. The lowest BCUT2D eigenvalue weighted by atomic mass is 10.4. The predicted octanol–water partition coefficient (Wildman–Crippen LogP) is 3.33. The fourth-order valence-corrected chi connectivity index (χ4v) is 4.95. The highest BCUT2D eigenvalue weighted by atomic mass is 35.5. The van der Waals surface area contributed by atoms with Gasteiger partial charge in [-0.15, -0.1) is 11.3 Å². The van der Waals surface area contributed by atoms with E-state index in [1.165, 1.54) is 27.8 Å². The van der Waals surface area contributed by atoms with Crippen molar-refractivity contribution in [2.75, 3.05) is 6.61 Å². The smallest absolute Gasteiger partial charge is 0.357 e. The third kappa shape index (κ3) is 4.20. The van der Waals surface area contributed by atoms with Crippen molar-refractivity contribution in [3.05, 3.63) is 45.4 Å². The molecule has 1 fully saturated rings. The topological polar surface area (TPSA) is 76.6 Å². The van der Waals surface area contributed by atoms with Crippen molar-refractivity contribution in [1.82, 2.24) is 9.29 Å². The number of sulfonamides is 1. The Labute approximate surface area is 155 Å². The number of hydrogen-bond donors (Lipinski definition) is 0. The number of rotatable bonds is 7. The Hall–Kier alpha value is -1.48. The summed E-state index contributed by atoms with van der Waals surface area (Å²) in [6.45, 7) is 2.13. The van der Waals surface area contributed by atoms with Gasteiger partial charge in [0.05, 0.1) is 18.0 Å². The minimum Gasteiger partial charge on any atom is -0.461 e. The fraction of sp³-hybridized carbons (Fsp3) is 0.375. The first-order valence-electron chi connectivity index (χ1n) is 7.80. The highest BCUT2D eigenvalue weighted by molar-refractivity contribution is 7.89. The van der Waals surface area contributed by atoms with E-state index < -0.39 is 16.0 Å². The number of carbonyl (C=O) groups is 1. The summed E-state index contributed by atoms with van der Waals surface area (Å²) in [7, 11) is -3.65. The van der Waals surface area contributed by atoms with Gasteiger partial charge in [-0.1, -0.05) is 11.6 Å². The van der Waals surface area contributed by atoms with Crippen LogP contribution in [0.5, 0.6) is 0 Å².